The topological polar surface area (TPSA) is 67.1 Å². The maximum Gasteiger partial charge on any atom is 0.165 e. The lowest BCUT2D eigenvalue weighted by atomic mass is 9.88. The molecule has 0 aliphatic heterocycles. The number of fused-ring (bicyclic) bond motifs is 1. The lowest BCUT2D eigenvalue weighted by Gasteiger charge is -2.32. The first-order valence-electron chi connectivity index (χ1n) is 7.37. The number of aryl methyl sites for hydroxylation is 1. The van der Waals surface area contributed by atoms with Gasteiger partial charge in [-0.15, -0.1) is 0 Å². The first kappa shape index (κ1) is 15.7. The van der Waals surface area contributed by atoms with Gasteiger partial charge in [-0.3, -0.25) is 0 Å². The fourth-order valence-electron chi connectivity index (χ4n) is 2.56. The minimum Gasteiger partial charge on any atom is -0.394 e. The number of aliphatic hydroxyl groups excluding tert-OH is 1. The standard InChI is InChI=1S/C15H25N5O/c1-6-20-10-18-12-13(16-9-17-14(12)20)19(5)11(8-21)7-15(2,3)4/h9-11,21H,6-8H2,1-5H3/t11-/m0/s1. The molecule has 0 aliphatic carbocycles. The van der Waals surface area contributed by atoms with Crippen LogP contribution < -0.4 is 4.90 Å². The van der Waals surface area contributed by atoms with E-state index in [9.17, 15) is 5.11 Å². The number of aromatic nitrogens is 4. The molecule has 116 valence electrons. The molecule has 2 rings (SSSR count). The Kier molecular flexibility index (Phi) is 4.46. The van der Waals surface area contributed by atoms with Crippen molar-refractivity contribution in [2.24, 2.45) is 5.41 Å². The number of rotatable bonds is 5. The summed E-state index contributed by atoms with van der Waals surface area (Å²) in [5, 5.41) is 9.73. The number of likely N-dealkylation sites (N-methyl/N-ethyl adjacent to an activating group) is 1. The summed E-state index contributed by atoms with van der Waals surface area (Å²) < 4.78 is 1.99. The van der Waals surface area contributed by atoms with Crippen molar-refractivity contribution in [3.05, 3.63) is 12.7 Å². The smallest absolute Gasteiger partial charge is 0.165 e. The number of hydrogen-bond acceptors (Lipinski definition) is 5. The Morgan fingerprint density at radius 1 is 1.29 bits per heavy atom. The summed E-state index contributed by atoms with van der Waals surface area (Å²) >= 11 is 0. The fourth-order valence-corrected chi connectivity index (χ4v) is 2.56. The second-order valence-corrected chi connectivity index (χ2v) is 6.61. The normalized spacial score (nSPS) is 13.6. The van der Waals surface area contributed by atoms with Gasteiger partial charge in [-0.2, -0.15) is 0 Å². The van der Waals surface area contributed by atoms with E-state index in [4.69, 9.17) is 0 Å². The molecule has 2 heterocycles. The van der Waals surface area contributed by atoms with Gasteiger partial charge in [-0.05, 0) is 18.8 Å². The van der Waals surface area contributed by atoms with Crippen molar-refractivity contribution in [2.75, 3.05) is 18.6 Å². The molecule has 0 saturated heterocycles. The molecule has 1 N–H and O–H groups in total. The van der Waals surface area contributed by atoms with Crippen LogP contribution in [0.5, 0.6) is 0 Å². The molecule has 0 spiro atoms. The van der Waals surface area contributed by atoms with E-state index in [1.165, 1.54) is 0 Å². The molecule has 0 aliphatic rings. The zero-order valence-corrected chi connectivity index (χ0v) is 13.5. The summed E-state index contributed by atoms with van der Waals surface area (Å²) in [6, 6.07) is 0.00914. The van der Waals surface area contributed by atoms with E-state index < -0.39 is 0 Å². The monoisotopic (exact) mass is 291 g/mol. The van der Waals surface area contributed by atoms with Gasteiger partial charge in [0.15, 0.2) is 17.0 Å². The van der Waals surface area contributed by atoms with Crippen LogP contribution in [0.4, 0.5) is 5.82 Å². The summed E-state index contributed by atoms with van der Waals surface area (Å²) in [6.45, 7) is 9.49. The van der Waals surface area contributed by atoms with E-state index in [0.717, 1.165) is 29.9 Å². The Morgan fingerprint density at radius 3 is 2.57 bits per heavy atom. The second-order valence-electron chi connectivity index (χ2n) is 6.61. The van der Waals surface area contributed by atoms with Gasteiger partial charge in [0.1, 0.15) is 6.33 Å². The average molecular weight is 291 g/mol. The predicted octanol–water partition coefficient (Wildman–Crippen LogP) is 2.08. The SMILES string of the molecule is CCn1cnc2c(N(C)[C@H](CO)CC(C)(C)C)ncnc21. The van der Waals surface area contributed by atoms with Crippen LogP contribution in [0.2, 0.25) is 0 Å². The molecule has 0 unspecified atom stereocenters. The van der Waals surface area contributed by atoms with Crippen LogP contribution in [-0.4, -0.2) is 44.3 Å². The molecule has 2 aromatic heterocycles. The van der Waals surface area contributed by atoms with Crippen molar-refractivity contribution in [3.63, 3.8) is 0 Å². The quantitative estimate of drug-likeness (QED) is 0.913. The lowest BCUT2D eigenvalue weighted by Crippen LogP contribution is -2.38. The van der Waals surface area contributed by atoms with Crippen molar-refractivity contribution in [2.45, 2.75) is 46.7 Å². The Labute approximate surface area is 125 Å². The van der Waals surface area contributed by atoms with Gasteiger partial charge < -0.3 is 14.6 Å². The van der Waals surface area contributed by atoms with E-state index in [1.54, 1.807) is 12.7 Å². The van der Waals surface area contributed by atoms with E-state index in [0.29, 0.717) is 0 Å². The number of imidazole rings is 1. The van der Waals surface area contributed by atoms with Gasteiger partial charge in [0.05, 0.1) is 19.0 Å². The summed E-state index contributed by atoms with van der Waals surface area (Å²) in [6.07, 6.45) is 4.22. The average Bonchev–Trinajstić information content (AvgIpc) is 2.86. The van der Waals surface area contributed by atoms with Gasteiger partial charge >= 0.3 is 0 Å². The number of hydrogen-bond donors (Lipinski definition) is 1. The highest BCUT2D eigenvalue weighted by Gasteiger charge is 2.24. The third-order valence-electron chi connectivity index (χ3n) is 3.66. The number of aliphatic hydroxyl groups is 1. The first-order valence-corrected chi connectivity index (χ1v) is 7.37. The number of anilines is 1. The third-order valence-corrected chi connectivity index (χ3v) is 3.66. The Hall–Kier alpha value is -1.69. The molecule has 0 fully saturated rings. The van der Waals surface area contributed by atoms with Crippen molar-refractivity contribution in [3.8, 4) is 0 Å². The zero-order valence-electron chi connectivity index (χ0n) is 13.5. The molecule has 2 aromatic rings. The zero-order chi connectivity index (χ0) is 15.6. The van der Waals surface area contributed by atoms with Gasteiger partial charge in [-0.1, -0.05) is 20.8 Å². The Morgan fingerprint density at radius 2 is 2.00 bits per heavy atom. The Bertz CT molecular complexity index is 602. The van der Waals surface area contributed by atoms with E-state index in [-0.39, 0.29) is 18.1 Å². The van der Waals surface area contributed by atoms with Crippen LogP contribution in [0, 0.1) is 5.41 Å². The van der Waals surface area contributed by atoms with Crippen LogP contribution in [0.3, 0.4) is 0 Å². The van der Waals surface area contributed by atoms with Crippen LogP contribution in [0.1, 0.15) is 34.1 Å². The van der Waals surface area contributed by atoms with E-state index >= 15 is 0 Å². The largest absolute Gasteiger partial charge is 0.394 e. The predicted molar refractivity (Wildman–Crippen MR) is 84.3 cm³/mol. The van der Waals surface area contributed by atoms with E-state index in [2.05, 4.69) is 42.6 Å². The molecule has 1 atom stereocenters. The summed E-state index contributed by atoms with van der Waals surface area (Å²) in [5.41, 5.74) is 1.76. The summed E-state index contributed by atoms with van der Waals surface area (Å²) in [5.74, 6) is 0.774. The maximum atomic E-state index is 9.73. The minimum absolute atomic E-state index is 0.00914. The van der Waals surface area contributed by atoms with Crippen LogP contribution in [0.15, 0.2) is 12.7 Å². The van der Waals surface area contributed by atoms with Crippen molar-refractivity contribution >= 4 is 17.0 Å². The molecule has 6 nitrogen and oxygen atoms in total. The van der Waals surface area contributed by atoms with Gasteiger partial charge in [0.25, 0.3) is 0 Å². The van der Waals surface area contributed by atoms with Crippen molar-refractivity contribution in [1.29, 1.82) is 0 Å². The molecule has 6 heteroatoms. The van der Waals surface area contributed by atoms with Gasteiger partial charge in [0.2, 0.25) is 0 Å². The molecule has 0 radical (unpaired) electrons. The highest BCUT2D eigenvalue weighted by Crippen LogP contribution is 2.27. The molecular formula is C15H25N5O. The van der Waals surface area contributed by atoms with Crippen LogP contribution >= 0.6 is 0 Å². The van der Waals surface area contributed by atoms with Crippen molar-refractivity contribution < 1.29 is 5.11 Å². The Balaban J connectivity index is 2.38. The first-order chi connectivity index (χ1) is 9.87. The highest BCUT2D eigenvalue weighted by molar-refractivity contribution is 5.83. The molecule has 0 saturated carbocycles. The van der Waals surface area contributed by atoms with Crippen molar-refractivity contribution in [1.82, 2.24) is 19.5 Å². The second kappa shape index (κ2) is 5.97. The summed E-state index contributed by atoms with van der Waals surface area (Å²) in [4.78, 5) is 15.2. The summed E-state index contributed by atoms with van der Waals surface area (Å²) in [7, 11) is 1.96. The fraction of sp³-hybridized carbons (Fsp3) is 0.667. The van der Waals surface area contributed by atoms with Gasteiger partial charge in [-0.25, -0.2) is 15.0 Å². The molecule has 0 bridgehead atoms. The van der Waals surface area contributed by atoms with Gasteiger partial charge in [0, 0.05) is 13.6 Å². The lowest BCUT2D eigenvalue weighted by molar-refractivity contribution is 0.219. The highest BCUT2D eigenvalue weighted by atomic mass is 16.3. The maximum absolute atomic E-state index is 9.73. The van der Waals surface area contributed by atoms with Crippen LogP contribution in [0.25, 0.3) is 11.2 Å². The molecule has 21 heavy (non-hydrogen) atoms. The van der Waals surface area contributed by atoms with E-state index in [1.807, 2.05) is 16.5 Å². The van der Waals surface area contributed by atoms with Crippen LogP contribution in [-0.2, 0) is 6.54 Å². The molecule has 0 amide bonds. The number of nitrogens with zero attached hydrogens (tertiary/aromatic N) is 5. The molecular weight excluding hydrogens is 266 g/mol. The third kappa shape index (κ3) is 3.32. The minimum atomic E-state index is 0.00914. The molecule has 0 aromatic carbocycles.